The van der Waals surface area contributed by atoms with Crippen LogP contribution >= 0.6 is 11.5 Å². The molecule has 0 bridgehead atoms. The van der Waals surface area contributed by atoms with Crippen molar-refractivity contribution in [3.8, 4) is 0 Å². The third-order valence-electron chi connectivity index (χ3n) is 3.96. The van der Waals surface area contributed by atoms with Crippen LogP contribution in [0.3, 0.4) is 0 Å². The van der Waals surface area contributed by atoms with Gasteiger partial charge in [0, 0.05) is 36.7 Å². The van der Waals surface area contributed by atoms with Gasteiger partial charge < -0.3 is 15.4 Å². The summed E-state index contributed by atoms with van der Waals surface area (Å²) in [5.74, 6) is 1.15. The third kappa shape index (κ3) is 4.52. The number of anilines is 2. The van der Waals surface area contributed by atoms with Gasteiger partial charge in [-0.25, -0.2) is 4.98 Å². The first-order valence-corrected chi connectivity index (χ1v) is 8.92. The van der Waals surface area contributed by atoms with Gasteiger partial charge in [0.15, 0.2) is 0 Å². The molecule has 1 aliphatic rings. The summed E-state index contributed by atoms with van der Waals surface area (Å²) in [6, 6.07) is 8.04. The molecular formula is C17H22N4O2S. The van der Waals surface area contributed by atoms with Crippen LogP contribution in [0.15, 0.2) is 24.3 Å². The maximum absolute atomic E-state index is 11.8. The summed E-state index contributed by atoms with van der Waals surface area (Å²) >= 11 is 1.36. The SMILES string of the molecule is COCCc1nsc(NC(C)c2ccc(NC(=O)C3CC3)cc2)n1. The normalized spacial score (nSPS) is 15.1. The average molecular weight is 346 g/mol. The fraction of sp³-hybridized carbons (Fsp3) is 0.471. The Morgan fingerprint density at radius 1 is 1.38 bits per heavy atom. The summed E-state index contributed by atoms with van der Waals surface area (Å²) in [5, 5.41) is 7.12. The Balaban J connectivity index is 1.55. The Bertz CT molecular complexity index is 682. The molecule has 0 saturated heterocycles. The number of carbonyl (C=O) groups excluding carboxylic acids is 1. The number of hydrogen-bond acceptors (Lipinski definition) is 6. The van der Waals surface area contributed by atoms with E-state index in [-0.39, 0.29) is 17.9 Å². The standard InChI is InChI=1S/C17H22N4O2S/c1-11(18-17-20-15(21-24-17)9-10-23-2)12-5-7-14(8-6-12)19-16(22)13-3-4-13/h5-8,11,13H,3-4,9-10H2,1-2H3,(H,19,22)(H,18,20,21). The van der Waals surface area contributed by atoms with Crippen molar-refractivity contribution in [1.82, 2.24) is 9.36 Å². The zero-order valence-electron chi connectivity index (χ0n) is 13.9. The van der Waals surface area contributed by atoms with Gasteiger partial charge in [-0.05, 0) is 37.5 Å². The van der Waals surface area contributed by atoms with Crippen LogP contribution in [-0.4, -0.2) is 29.0 Å². The number of ether oxygens (including phenoxy) is 1. The summed E-state index contributed by atoms with van der Waals surface area (Å²) in [7, 11) is 1.67. The molecule has 3 rings (SSSR count). The zero-order chi connectivity index (χ0) is 16.9. The van der Waals surface area contributed by atoms with Crippen molar-refractivity contribution in [3.05, 3.63) is 35.7 Å². The van der Waals surface area contributed by atoms with Crippen molar-refractivity contribution in [1.29, 1.82) is 0 Å². The molecule has 1 fully saturated rings. The lowest BCUT2D eigenvalue weighted by molar-refractivity contribution is -0.117. The van der Waals surface area contributed by atoms with E-state index >= 15 is 0 Å². The Kier molecular flexibility index (Phi) is 5.42. The molecule has 6 nitrogen and oxygen atoms in total. The van der Waals surface area contributed by atoms with Gasteiger partial charge in [0.2, 0.25) is 11.0 Å². The molecule has 1 amide bonds. The molecule has 0 radical (unpaired) electrons. The Hall–Kier alpha value is -1.99. The highest BCUT2D eigenvalue weighted by molar-refractivity contribution is 7.09. The number of rotatable bonds is 8. The molecule has 1 unspecified atom stereocenters. The molecule has 2 aromatic rings. The van der Waals surface area contributed by atoms with Gasteiger partial charge in [-0.3, -0.25) is 4.79 Å². The minimum atomic E-state index is 0.112. The first kappa shape index (κ1) is 16.9. The molecule has 1 aromatic heterocycles. The molecule has 0 aliphatic heterocycles. The van der Waals surface area contributed by atoms with Crippen LogP contribution in [-0.2, 0) is 16.0 Å². The highest BCUT2D eigenvalue weighted by Gasteiger charge is 2.29. The zero-order valence-corrected chi connectivity index (χ0v) is 14.7. The molecule has 2 N–H and O–H groups in total. The maximum atomic E-state index is 11.8. The predicted octanol–water partition coefficient (Wildman–Crippen LogP) is 3.25. The molecule has 1 atom stereocenters. The summed E-state index contributed by atoms with van der Waals surface area (Å²) < 4.78 is 9.35. The fourth-order valence-electron chi connectivity index (χ4n) is 2.32. The number of carbonyl (C=O) groups is 1. The number of nitrogens with one attached hydrogen (secondary N) is 2. The second-order valence-electron chi connectivity index (χ2n) is 6.01. The largest absolute Gasteiger partial charge is 0.384 e. The van der Waals surface area contributed by atoms with E-state index in [0.717, 1.165) is 41.5 Å². The Morgan fingerprint density at radius 2 is 2.12 bits per heavy atom. The van der Waals surface area contributed by atoms with Crippen molar-refractivity contribution in [2.75, 3.05) is 24.4 Å². The Labute approximate surface area is 145 Å². The summed E-state index contributed by atoms with van der Waals surface area (Å²) in [6.45, 7) is 2.70. The summed E-state index contributed by atoms with van der Waals surface area (Å²) in [6.07, 6.45) is 2.75. The van der Waals surface area contributed by atoms with Crippen molar-refractivity contribution in [2.24, 2.45) is 5.92 Å². The third-order valence-corrected chi connectivity index (χ3v) is 4.65. The van der Waals surface area contributed by atoms with E-state index in [1.165, 1.54) is 11.5 Å². The summed E-state index contributed by atoms with van der Waals surface area (Å²) in [4.78, 5) is 16.2. The van der Waals surface area contributed by atoms with Crippen molar-refractivity contribution >= 4 is 28.3 Å². The van der Waals surface area contributed by atoms with Crippen molar-refractivity contribution in [3.63, 3.8) is 0 Å². The van der Waals surface area contributed by atoms with Crippen molar-refractivity contribution < 1.29 is 9.53 Å². The monoisotopic (exact) mass is 346 g/mol. The minimum Gasteiger partial charge on any atom is -0.384 e. The number of hydrogen-bond donors (Lipinski definition) is 2. The fourth-order valence-corrected chi connectivity index (χ4v) is 3.02. The number of benzene rings is 1. The Morgan fingerprint density at radius 3 is 2.79 bits per heavy atom. The highest BCUT2D eigenvalue weighted by Crippen LogP contribution is 2.30. The molecular weight excluding hydrogens is 324 g/mol. The van der Waals surface area contributed by atoms with E-state index in [4.69, 9.17) is 4.74 Å². The van der Waals surface area contributed by atoms with E-state index < -0.39 is 0 Å². The quantitative estimate of drug-likeness (QED) is 0.767. The van der Waals surface area contributed by atoms with Gasteiger partial charge in [-0.2, -0.15) is 4.37 Å². The maximum Gasteiger partial charge on any atom is 0.227 e. The number of amides is 1. The molecule has 128 valence electrons. The van der Waals surface area contributed by atoms with E-state index in [1.54, 1.807) is 7.11 Å². The molecule has 24 heavy (non-hydrogen) atoms. The van der Waals surface area contributed by atoms with Gasteiger partial charge in [0.05, 0.1) is 12.6 Å². The molecule has 1 heterocycles. The lowest BCUT2D eigenvalue weighted by Crippen LogP contribution is -2.13. The average Bonchev–Trinajstić information content (AvgIpc) is 3.35. The second kappa shape index (κ2) is 7.72. The van der Waals surface area contributed by atoms with Gasteiger partial charge in [0.25, 0.3) is 0 Å². The molecule has 1 saturated carbocycles. The van der Waals surface area contributed by atoms with Crippen LogP contribution in [0.2, 0.25) is 0 Å². The molecule has 7 heteroatoms. The van der Waals surface area contributed by atoms with Gasteiger partial charge in [-0.15, -0.1) is 0 Å². The second-order valence-corrected chi connectivity index (χ2v) is 6.76. The van der Waals surface area contributed by atoms with Crippen molar-refractivity contribution in [2.45, 2.75) is 32.2 Å². The molecule has 1 aromatic carbocycles. The first-order chi connectivity index (χ1) is 11.7. The van der Waals surface area contributed by atoms with Gasteiger partial charge in [0.1, 0.15) is 5.82 Å². The van der Waals surface area contributed by atoms with Crippen LogP contribution in [0.5, 0.6) is 0 Å². The molecule has 1 aliphatic carbocycles. The van der Waals surface area contributed by atoms with Crippen LogP contribution in [0, 0.1) is 5.92 Å². The number of aromatic nitrogens is 2. The molecule has 0 spiro atoms. The smallest absolute Gasteiger partial charge is 0.227 e. The number of methoxy groups -OCH3 is 1. The van der Waals surface area contributed by atoms with E-state index in [2.05, 4.69) is 26.9 Å². The summed E-state index contributed by atoms with van der Waals surface area (Å²) in [5.41, 5.74) is 1.98. The number of nitrogens with zero attached hydrogens (tertiary/aromatic N) is 2. The highest BCUT2D eigenvalue weighted by atomic mass is 32.1. The lowest BCUT2D eigenvalue weighted by Gasteiger charge is -2.13. The van der Waals surface area contributed by atoms with Crippen LogP contribution in [0.1, 0.15) is 37.2 Å². The topological polar surface area (TPSA) is 76.1 Å². The van der Waals surface area contributed by atoms with E-state index in [0.29, 0.717) is 6.61 Å². The van der Waals surface area contributed by atoms with Gasteiger partial charge >= 0.3 is 0 Å². The minimum absolute atomic E-state index is 0.112. The lowest BCUT2D eigenvalue weighted by atomic mass is 10.1. The van der Waals surface area contributed by atoms with E-state index in [9.17, 15) is 4.79 Å². The van der Waals surface area contributed by atoms with E-state index in [1.807, 2.05) is 24.3 Å². The van der Waals surface area contributed by atoms with Crippen LogP contribution in [0.25, 0.3) is 0 Å². The van der Waals surface area contributed by atoms with Crippen LogP contribution < -0.4 is 10.6 Å². The first-order valence-electron chi connectivity index (χ1n) is 8.14. The van der Waals surface area contributed by atoms with Gasteiger partial charge in [-0.1, -0.05) is 12.1 Å². The predicted molar refractivity (Wildman–Crippen MR) is 95.3 cm³/mol. The van der Waals surface area contributed by atoms with Crippen LogP contribution in [0.4, 0.5) is 10.8 Å².